The van der Waals surface area contributed by atoms with E-state index in [1.165, 1.54) is 0 Å². The van der Waals surface area contributed by atoms with Gasteiger partial charge in [-0.3, -0.25) is 9.36 Å². The molecule has 1 aromatic carbocycles. The molecule has 0 saturated heterocycles. The van der Waals surface area contributed by atoms with Crippen LogP contribution >= 0.6 is 7.60 Å². The lowest BCUT2D eigenvalue weighted by atomic mass is 9.94. The van der Waals surface area contributed by atoms with Gasteiger partial charge in [0.15, 0.2) is 0 Å². The molecule has 0 bridgehead atoms. The molecule has 11 heteroatoms. The third-order valence-electron chi connectivity index (χ3n) is 5.85. The van der Waals surface area contributed by atoms with Crippen LogP contribution < -0.4 is 14.8 Å². The van der Waals surface area contributed by atoms with Gasteiger partial charge in [-0.25, -0.2) is 4.79 Å². The van der Waals surface area contributed by atoms with Crippen LogP contribution in [0.4, 0.5) is 0 Å². The van der Waals surface area contributed by atoms with E-state index in [1.54, 1.807) is 7.11 Å². The Morgan fingerprint density at radius 2 is 1.91 bits per heavy atom. The number of hydrogen-bond donors (Lipinski definition) is 3. The van der Waals surface area contributed by atoms with E-state index in [1.807, 2.05) is 19.9 Å². The van der Waals surface area contributed by atoms with Crippen molar-refractivity contribution in [1.29, 1.82) is 0 Å². The molecule has 0 saturated carbocycles. The predicted octanol–water partition coefficient (Wildman–Crippen LogP) is 3.95. The third kappa shape index (κ3) is 8.79. The van der Waals surface area contributed by atoms with Gasteiger partial charge in [-0.2, -0.15) is 0 Å². The zero-order chi connectivity index (χ0) is 26.4. The SMILES string of the molecule is COc1c(C)c2c(c(OCC[Si](C)(C)C)c1CC=C(C)CCC(=O)NCCP(=O)(O)O)C(=O)OC2. The fraction of sp³-hybridized carbons (Fsp3) is 0.583. The van der Waals surface area contributed by atoms with Crippen LogP contribution in [0.1, 0.15) is 46.8 Å². The maximum atomic E-state index is 12.6. The number of ether oxygens (including phenoxy) is 3. The molecular weight excluding hydrogens is 489 g/mol. The summed E-state index contributed by atoms with van der Waals surface area (Å²) < 4.78 is 28.2. The number of carbonyl (C=O) groups is 2. The first-order chi connectivity index (χ1) is 16.2. The van der Waals surface area contributed by atoms with Crippen molar-refractivity contribution in [1.82, 2.24) is 5.32 Å². The Bertz CT molecular complexity index is 1030. The van der Waals surface area contributed by atoms with Gasteiger partial charge >= 0.3 is 13.6 Å². The summed E-state index contributed by atoms with van der Waals surface area (Å²) >= 11 is 0. The summed E-state index contributed by atoms with van der Waals surface area (Å²) in [7, 11) is -3.88. The van der Waals surface area contributed by atoms with Crippen LogP contribution in [-0.2, 0) is 27.1 Å². The summed E-state index contributed by atoms with van der Waals surface area (Å²) in [5.74, 6) is 0.532. The lowest BCUT2D eigenvalue weighted by Crippen LogP contribution is -2.26. The van der Waals surface area contributed by atoms with Gasteiger partial charge in [0.05, 0.1) is 19.9 Å². The molecule has 2 rings (SSSR count). The van der Waals surface area contributed by atoms with Crippen LogP contribution in [-0.4, -0.2) is 56.2 Å². The fourth-order valence-electron chi connectivity index (χ4n) is 3.75. The maximum absolute atomic E-state index is 12.6. The second-order valence-corrected chi connectivity index (χ2v) is 17.4. The largest absolute Gasteiger partial charge is 0.496 e. The Hall–Kier alpha value is -2.13. The summed E-state index contributed by atoms with van der Waals surface area (Å²) in [6.07, 6.45) is 2.75. The minimum Gasteiger partial charge on any atom is -0.496 e. The zero-order valence-corrected chi connectivity index (χ0v) is 23.4. The number of rotatable bonds is 13. The van der Waals surface area contributed by atoms with Crippen molar-refractivity contribution in [3.05, 3.63) is 33.9 Å². The highest BCUT2D eigenvalue weighted by molar-refractivity contribution is 7.51. The molecule has 0 spiro atoms. The minimum absolute atomic E-state index is 0.0638. The minimum atomic E-state index is -4.13. The van der Waals surface area contributed by atoms with Crippen LogP contribution in [0, 0.1) is 6.92 Å². The Balaban J connectivity index is 2.20. The van der Waals surface area contributed by atoms with E-state index in [9.17, 15) is 14.2 Å². The molecule has 0 aromatic heterocycles. The number of esters is 1. The van der Waals surface area contributed by atoms with Crippen molar-refractivity contribution in [2.75, 3.05) is 26.4 Å². The molecule has 3 N–H and O–H groups in total. The Labute approximate surface area is 208 Å². The first kappa shape index (κ1) is 29.1. The topological polar surface area (TPSA) is 131 Å². The van der Waals surface area contributed by atoms with Gasteiger partial charge in [0.25, 0.3) is 0 Å². The number of allylic oxidation sites excluding steroid dienone is 2. The van der Waals surface area contributed by atoms with E-state index in [0.717, 1.165) is 28.3 Å². The van der Waals surface area contributed by atoms with Crippen molar-refractivity contribution in [3.63, 3.8) is 0 Å². The summed E-state index contributed by atoms with van der Waals surface area (Å²) in [5.41, 5.74) is 3.88. The van der Waals surface area contributed by atoms with Gasteiger partial charge in [0, 0.05) is 32.2 Å². The quantitative estimate of drug-likeness (QED) is 0.152. The van der Waals surface area contributed by atoms with E-state index in [-0.39, 0.29) is 37.6 Å². The normalized spacial score (nSPS) is 13.9. The molecule has 196 valence electrons. The van der Waals surface area contributed by atoms with Crippen LogP contribution in [0.25, 0.3) is 0 Å². The standard InChI is InChI=1S/C24H38NO8PSi/c1-16(8-10-20(26)25-11-13-34(28,29)30)7-9-18-22(31-3)17(2)19-15-33-24(27)21(19)23(18)32-12-14-35(4,5)6/h7H,8-15H2,1-6H3,(H,25,26)(H2,28,29,30). The van der Waals surface area contributed by atoms with E-state index in [4.69, 9.17) is 24.0 Å². The molecule has 1 aromatic rings. The summed E-state index contributed by atoms with van der Waals surface area (Å²) in [5, 5.41) is 2.53. The van der Waals surface area contributed by atoms with E-state index in [0.29, 0.717) is 36.5 Å². The highest BCUT2D eigenvalue weighted by Gasteiger charge is 2.33. The van der Waals surface area contributed by atoms with Crippen LogP contribution in [0.3, 0.4) is 0 Å². The molecule has 0 radical (unpaired) electrons. The Kier molecular flexibility index (Phi) is 10.2. The van der Waals surface area contributed by atoms with Crippen molar-refractivity contribution in [2.24, 2.45) is 0 Å². The second kappa shape index (κ2) is 12.2. The molecule has 0 aliphatic carbocycles. The van der Waals surface area contributed by atoms with Crippen molar-refractivity contribution in [3.8, 4) is 11.5 Å². The predicted molar refractivity (Wildman–Crippen MR) is 137 cm³/mol. The highest BCUT2D eigenvalue weighted by atomic mass is 31.2. The molecule has 1 aliphatic rings. The number of cyclic esters (lactones) is 1. The zero-order valence-electron chi connectivity index (χ0n) is 21.5. The van der Waals surface area contributed by atoms with E-state index in [2.05, 4.69) is 25.0 Å². The number of hydrogen-bond acceptors (Lipinski definition) is 6. The van der Waals surface area contributed by atoms with Crippen LogP contribution in [0.15, 0.2) is 11.6 Å². The number of carbonyl (C=O) groups excluding carboxylic acids is 2. The van der Waals surface area contributed by atoms with Gasteiger partial charge in [-0.05, 0) is 38.3 Å². The van der Waals surface area contributed by atoms with Crippen molar-refractivity contribution >= 4 is 27.5 Å². The first-order valence-electron chi connectivity index (χ1n) is 11.7. The number of fused-ring (bicyclic) bond motifs is 1. The van der Waals surface area contributed by atoms with Gasteiger partial charge in [-0.15, -0.1) is 0 Å². The number of nitrogens with one attached hydrogen (secondary N) is 1. The van der Waals surface area contributed by atoms with Gasteiger partial charge in [0.2, 0.25) is 5.91 Å². The number of benzene rings is 1. The maximum Gasteiger partial charge on any atom is 0.342 e. The molecule has 35 heavy (non-hydrogen) atoms. The molecule has 1 amide bonds. The van der Waals surface area contributed by atoms with Gasteiger partial charge < -0.3 is 29.3 Å². The lowest BCUT2D eigenvalue weighted by Gasteiger charge is -2.21. The van der Waals surface area contributed by atoms with Crippen molar-refractivity contribution in [2.45, 2.75) is 65.4 Å². The molecule has 0 unspecified atom stereocenters. The average Bonchev–Trinajstić information content (AvgIpc) is 3.12. The second-order valence-electron chi connectivity index (χ2n) is 10.0. The fourth-order valence-corrected chi connectivity index (χ4v) is 4.86. The molecule has 1 heterocycles. The summed E-state index contributed by atoms with van der Waals surface area (Å²) in [4.78, 5) is 42.3. The van der Waals surface area contributed by atoms with Crippen LogP contribution in [0.2, 0.25) is 25.7 Å². The number of methoxy groups -OCH3 is 1. The molecule has 0 fully saturated rings. The molecular formula is C24H38NO8PSi. The smallest absolute Gasteiger partial charge is 0.342 e. The van der Waals surface area contributed by atoms with E-state index < -0.39 is 15.7 Å². The molecule has 1 aliphatic heterocycles. The Morgan fingerprint density at radius 3 is 2.51 bits per heavy atom. The third-order valence-corrected chi connectivity index (χ3v) is 8.36. The van der Waals surface area contributed by atoms with Gasteiger partial charge in [-0.1, -0.05) is 31.3 Å². The monoisotopic (exact) mass is 527 g/mol. The summed E-state index contributed by atoms with van der Waals surface area (Å²) in [6.45, 7) is 11.3. The summed E-state index contributed by atoms with van der Waals surface area (Å²) in [6, 6.07) is 0.943. The lowest BCUT2D eigenvalue weighted by molar-refractivity contribution is -0.120. The average molecular weight is 528 g/mol. The van der Waals surface area contributed by atoms with Crippen LogP contribution in [0.5, 0.6) is 11.5 Å². The van der Waals surface area contributed by atoms with Gasteiger partial charge in [0.1, 0.15) is 23.7 Å². The molecule has 0 atom stereocenters. The first-order valence-corrected chi connectivity index (χ1v) is 17.2. The molecule has 9 nitrogen and oxygen atoms in total. The number of amides is 1. The van der Waals surface area contributed by atoms with E-state index >= 15 is 0 Å². The van der Waals surface area contributed by atoms with Crippen molar-refractivity contribution < 1.29 is 38.2 Å². The highest BCUT2D eigenvalue weighted by Crippen LogP contribution is 2.43. The Morgan fingerprint density at radius 1 is 1.23 bits per heavy atom.